The molecule has 0 spiro atoms. The lowest BCUT2D eigenvalue weighted by molar-refractivity contribution is -0.204. The highest BCUT2D eigenvalue weighted by molar-refractivity contribution is 6.04. The maximum absolute atomic E-state index is 12.4. The predicted octanol–water partition coefficient (Wildman–Crippen LogP) is 2.08. The van der Waals surface area contributed by atoms with E-state index in [1.807, 2.05) is 19.9 Å². The summed E-state index contributed by atoms with van der Waals surface area (Å²) in [7, 11) is 0. The molecule has 0 aliphatic carbocycles. The molecular weight excluding hydrogens is 268 g/mol. The van der Waals surface area contributed by atoms with Gasteiger partial charge in [0.25, 0.3) is 5.79 Å². The van der Waals surface area contributed by atoms with Crippen LogP contribution in [-0.2, 0) is 5.79 Å². The van der Waals surface area contributed by atoms with Crippen LogP contribution in [-0.4, -0.2) is 22.1 Å². The SMILES string of the molecule is Cc1cc(C)c2c(c1)C(=O)C(O)C(O)(c1ccccc1)O2. The molecule has 4 nitrogen and oxygen atoms in total. The van der Waals surface area contributed by atoms with Crippen molar-refractivity contribution in [3.8, 4) is 5.75 Å². The molecule has 0 fully saturated rings. The van der Waals surface area contributed by atoms with Crippen LogP contribution in [0.25, 0.3) is 0 Å². The van der Waals surface area contributed by atoms with Gasteiger partial charge in [-0.15, -0.1) is 0 Å². The van der Waals surface area contributed by atoms with E-state index in [4.69, 9.17) is 4.74 Å². The second-order valence-corrected chi connectivity index (χ2v) is 5.39. The van der Waals surface area contributed by atoms with E-state index in [-0.39, 0.29) is 0 Å². The van der Waals surface area contributed by atoms with Crippen molar-refractivity contribution in [3.05, 3.63) is 64.7 Å². The Balaban J connectivity index is 2.18. The maximum Gasteiger partial charge on any atom is 0.268 e. The molecule has 0 aromatic heterocycles. The molecule has 0 amide bonds. The normalized spacial score (nSPS) is 24.4. The average molecular weight is 284 g/mol. The minimum Gasteiger partial charge on any atom is -0.454 e. The Kier molecular flexibility index (Phi) is 3.08. The number of aliphatic hydroxyl groups excluding tert-OH is 1. The van der Waals surface area contributed by atoms with E-state index in [2.05, 4.69) is 0 Å². The smallest absolute Gasteiger partial charge is 0.268 e. The first kappa shape index (κ1) is 13.8. The van der Waals surface area contributed by atoms with Crippen molar-refractivity contribution in [1.29, 1.82) is 0 Å². The first-order valence-electron chi connectivity index (χ1n) is 6.74. The van der Waals surface area contributed by atoms with E-state index < -0.39 is 17.7 Å². The Bertz CT molecular complexity index is 708. The van der Waals surface area contributed by atoms with Crippen molar-refractivity contribution >= 4 is 5.78 Å². The minimum absolute atomic E-state index is 0.306. The lowest BCUT2D eigenvalue weighted by atomic mass is 9.88. The summed E-state index contributed by atoms with van der Waals surface area (Å²) in [6.45, 7) is 3.67. The number of ketones is 1. The van der Waals surface area contributed by atoms with Gasteiger partial charge in [0.15, 0.2) is 6.10 Å². The number of ether oxygens (including phenoxy) is 1. The van der Waals surface area contributed by atoms with Crippen LogP contribution in [0.3, 0.4) is 0 Å². The molecule has 0 radical (unpaired) electrons. The maximum atomic E-state index is 12.4. The largest absolute Gasteiger partial charge is 0.454 e. The van der Waals surface area contributed by atoms with E-state index in [1.165, 1.54) is 0 Å². The highest BCUT2D eigenvalue weighted by Crippen LogP contribution is 2.40. The summed E-state index contributed by atoms with van der Waals surface area (Å²) < 4.78 is 5.66. The van der Waals surface area contributed by atoms with Crippen molar-refractivity contribution in [2.45, 2.75) is 25.7 Å². The molecule has 0 saturated carbocycles. The molecule has 1 heterocycles. The first-order chi connectivity index (χ1) is 9.93. The number of carbonyl (C=O) groups excluding carboxylic acids is 1. The number of Topliss-reactive ketones (excluding diaryl/α,β-unsaturated/α-hetero) is 1. The van der Waals surface area contributed by atoms with E-state index in [9.17, 15) is 15.0 Å². The Labute approximate surface area is 122 Å². The molecule has 2 N–H and O–H groups in total. The Hall–Kier alpha value is -2.17. The number of carbonyl (C=O) groups is 1. The van der Waals surface area contributed by atoms with Crippen LogP contribution in [0.15, 0.2) is 42.5 Å². The standard InChI is InChI=1S/C17H16O4/c1-10-8-11(2)15-13(9-10)14(18)16(19)17(20,21-15)12-6-4-3-5-7-12/h3-9,16,19-20H,1-2H3. The Morgan fingerprint density at radius 2 is 1.81 bits per heavy atom. The number of hydrogen-bond acceptors (Lipinski definition) is 4. The van der Waals surface area contributed by atoms with Crippen LogP contribution >= 0.6 is 0 Å². The lowest BCUT2D eigenvalue weighted by Gasteiger charge is -2.38. The fraction of sp³-hybridized carbons (Fsp3) is 0.235. The zero-order valence-electron chi connectivity index (χ0n) is 11.8. The van der Waals surface area contributed by atoms with E-state index in [0.29, 0.717) is 16.9 Å². The van der Waals surface area contributed by atoms with Gasteiger partial charge in [-0.3, -0.25) is 4.79 Å². The molecule has 108 valence electrons. The third-order valence-electron chi connectivity index (χ3n) is 3.75. The van der Waals surface area contributed by atoms with E-state index in [1.54, 1.807) is 36.4 Å². The van der Waals surface area contributed by atoms with Crippen LogP contribution in [0, 0.1) is 13.8 Å². The predicted molar refractivity (Wildman–Crippen MR) is 77.2 cm³/mol. The zero-order chi connectivity index (χ0) is 15.2. The van der Waals surface area contributed by atoms with Crippen molar-refractivity contribution in [1.82, 2.24) is 0 Å². The Morgan fingerprint density at radius 1 is 1.14 bits per heavy atom. The molecule has 21 heavy (non-hydrogen) atoms. The highest BCUT2D eigenvalue weighted by atomic mass is 16.6. The van der Waals surface area contributed by atoms with E-state index >= 15 is 0 Å². The van der Waals surface area contributed by atoms with Gasteiger partial charge in [-0.05, 0) is 31.0 Å². The van der Waals surface area contributed by atoms with Gasteiger partial charge in [-0.25, -0.2) is 0 Å². The van der Waals surface area contributed by atoms with Crippen LogP contribution in [0.5, 0.6) is 5.75 Å². The van der Waals surface area contributed by atoms with Crippen molar-refractivity contribution in [3.63, 3.8) is 0 Å². The second-order valence-electron chi connectivity index (χ2n) is 5.39. The summed E-state index contributed by atoms with van der Waals surface area (Å²) in [5.41, 5.74) is 2.30. The molecule has 0 saturated heterocycles. The fourth-order valence-electron chi connectivity index (χ4n) is 2.70. The lowest BCUT2D eigenvalue weighted by Crippen LogP contribution is -2.52. The third-order valence-corrected chi connectivity index (χ3v) is 3.75. The fourth-order valence-corrected chi connectivity index (χ4v) is 2.70. The van der Waals surface area contributed by atoms with Gasteiger partial charge >= 0.3 is 0 Å². The van der Waals surface area contributed by atoms with Gasteiger partial charge in [-0.1, -0.05) is 36.4 Å². The molecule has 2 atom stereocenters. The molecule has 2 aromatic carbocycles. The number of fused-ring (bicyclic) bond motifs is 1. The number of aryl methyl sites for hydroxylation is 2. The summed E-state index contributed by atoms with van der Waals surface area (Å²) in [6, 6.07) is 12.0. The zero-order valence-corrected chi connectivity index (χ0v) is 11.8. The molecule has 0 bridgehead atoms. The highest BCUT2D eigenvalue weighted by Gasteiger charge is 2.49. The molecule has 2 aromatic rings. The van der Waals surface area contributed by atoms with Crippen LogP contribution in [0.1, 0.15) is 27.0 Å². The van der Waals surface area contributed by atoms with Gasteiger partial charge in [-0.2, -0.15) is 0 Å². The van der Waals surface area contributed by atoms with Crippen LogP contribution in [0.2, 0.25) is 0 Å². The van der Waals surface area contributed by atoms with Crippen molar-refractivity contribution in [2.75, 3.05) is 0 Å². The summed E-state index contributed by atoms with van der Waals surface area (Å²) in [5.74, 6) is -2.28. The summed E-state index contributed by atoms with van der Waals surface area (Å²) >= 11 is 0. The van der Waals surface area contributed by atoms with E-state index in [0.717, 1.165) is 11.1 Å². The Morgan fingerprint density at radius 3 is 2.48 bits per heavy atom. The topological polar surface area (TPSA) is 66.8 Å². The summed E-state index contributed by atoms with van der Waals surface area (Å²) in [6.07, 6.45) is -1.66. The quantitative estimate of drug-likeness (QED) is 0.841. The molecule has 1 aliphatic heterocycles. The summed E-state index contributed by atoms with van der Waals surface area (Å²) in [4.78, 5) is 12.4. The van der Waals surface area contributed by atoms with Crippen molar-refractivity contribution in [2.24, 2.45) is 0 Å². The average Bonchev–Trinajstić information content (AvgIpc) is 2.47. The van der Waals surface area contributed by atoms with Gasteiger partial charge in [0.05, 0.1) is 5.56 Å². The number of hydrogen-bond donors (Lipinski definition) is 2. The van der Waals surface area contributed by atoms with Crippen LogP contribution in [0.4, 0.5) is 0 Å². The number of benzene rings is 2. The number of rotatable bonds is 1. The molecule has 3 rings (SSSR count). The minimum atomic E-state index is -2.06. The van der Waals surface area contributed by atoms with Crippen LogP contribution < -0.4 is 4.74 Å². The third kappa shape index (κ3) is 2.04. The van der Waals surface area contributed by atoms with Gasteiger partial charge in [0.1, 0.15) is 5.75 Å². The second kappa shape index (κ2) is 4.69. The van der Waals surface area contributed by atoms with Gasteiger partial charge in [0.2, 0.25) is 5.78 Å². The summed E-state index contributed by atoms with van der Waals surface area (Å²) in [5, 5.41) is 21.0. The molecular formula is C17H16O4. The first-order valence-corrected chi connectivity index (χ1v) is 6.74. The van der Waals surface area contributed by atoms with Gasteiger partial charge < -0.3 is 14.9 Å². The number of aliphatic hydroxyl groups is 2. The van der Waals surface area contributed by atoms with Crippen molar-refractivity contribution < 1.29 is 19.7 Å². The monoisotopic (exact) mass is 284 g/mol. The molecule has 2 unspecified atom stereocenters. The van der Waals surface area contributed by atoms with Gasteiger partial charge in [0, 0.05) is 5.56 Å². The molecule has 1 aliphatic rings. The molecule has 4 heteroatoms.